The van der Waals surface area contributed by atoms with Gasteiger partial charge >= 0.3 is 0 Å². The first-order chi connectivity index (χ1) is 19.0. The molecule has 0 aliphatic heterocycles. The summed E-state index contributed by atoms with van der Waals surface area (Å²) in [5.74, 6) is 1.28. The molecule has 1 aliphatic carbocycles. The normalized spacial score (nSPS) is 14.6. The number of aromatic nitrogens is 3. The first-order valence-electron chi connectivity index (χ1n) is 13.2. The van der Waals surface area contributed by atoms with Crippen LogP contribution in [0.5, 0.6) is 11.5 Å². The van der Waals surface area contributed by atoms with E-state index in [9.17, 15) is 9.59 Å². The van der Waals surface area contributed by atoms with E-state index >= 15 is 0 Å². The molecule has 0 bridgehead atoms. The Balaban J connectivity index is 1.59. The lowest BCUT2D eigenvalue weighted by Crippen LogP contribution is -2.48. The number of carbonyl (C=O) groups excluding carboxylic acids is 2. The molecule has 5 rings (SSSR count). The van der Waals surface area contributed by atoms with Crippen LogP contribution in [0.3, 0.4) is 0 Å². The fraction of sp³-hybridized carbons (Fsp3) is 0.379. The topological polar surface area (TPSA) is 112 Å². The number of anilines is 1. The van der Waals surface area contributed by atoms with Crippen LogP contribution in [-0.2, 0) is 16.1 Å². The molecule has 0 saturated heterocycles. The van der Waals surface area contributed by atoms with E-state index in [1.807, 2.05) is 31.2 Å². The van der Waals surface area contributed by atoms with Gasteiger partial charge < -0.3 is 19.2 Å². The molecule has 1 aliphatic rings. The van der Waals surface area contributed by atoms with Crippen LogP contribution >= 0.6 is 0 Å². The number of hydrogen-bond donors (Lipinski definition) is 1. The van der Waals surface area contributed by atoms with Gasteiger partial charge in [0, 0.05) is 24.2 Å². The van der Waals surface area contributed by atoms with Crippen molar-refractivity contribution in [3.63, 3.8) is 0 Å². The second-order valence-electron chi connectivity index (χ2n) is 9.76. The molecular formula is C29H33N5O5. The van der Waals surface area contributed by atoms with Crippen molar-refractivity contribution in [1.29, 1.82) is 0 Å². The highest BCUT2D eigenvalue weighted by Crippen LogP contribution is 2.35. The standard InChI is InChI=1S/C29H33N5O5/c1-19-13-14-26(39-19)28(29(36)30-20-9-5-4-6-10-20)34(21-15-22(37-2)17-23(16-21)38-3)27(35)18-33-25-12-8-7-11-24(25)31-32-33/h7-8,11-17,20,28H,4-6,9-10,18H2,1-3H3,(H,30,36)/t28-/m1/s1. The summed E-state index contributed by atoms with van der Waals surface area (Å²) >= 11 is 0. The molecule has 0 radical (unpaired) electrons. The molecule has 2 aromatic heterocycles. The van der Waals surface area contributed by atoms with Crippen LogP contribution in [0.25, 0.3) is 11.0 Å². The highest BCUT2D eigenvalue weighted by atomic mass is 16.5. The zero-order chi connectivity index (χ0) is 27.4. The predicted octanol–water partition coefficient (Wildman–Crippen LogP) is 4.57. The lowest BCUT2D eigenvalue weighted by atomic mass is 9.95. The predicted molar refractivity (Wildman–Crippen MR) is 146 cm³/mol. The number of rotatable bonds is 9. The summed E-state index contributed by atoms with van der Waals surface area (Å²) in [6.45, 7) is 1.66. The maximum absolute atomic E-state index is 14.2. The number of para-hydroxylation sites is 1. The highest BCUT2D eigenvalue weighted by molar-refractivity contribution is 6.01. The molecule has 1 saturated carbocycles. The fourth-order valence-corrected chi connectivity index (χ4v) is 5.11. The number of nitrogens with one attached hydrogen (secondary N) is 1. The number of nitrogens with zero attached hydrogens (tertiary/aromatic N) is 4. The SMILES string of the molecule is COc1cc(OC)cc(N(C(=O)Cn2nnc3ccccc32)[C@@H](C(=O)NC2CCCCC2)c2ccc(C)o2)c1. The number of aryl methyl sites for hydroxylation is 1. The van der Waals surface area contributed by atoms with Gasteiger partial charge in [0.25, 0.3) is 5.91 Å². The summed E-state index contributed by atoms with van der Waals surface area (Å²) in [7, 11) is 3.07. The van der Waals surface area contributed by atoms with Gasteiger partial charge in [0.05, 0.1) is 25.4 Å². The van der Waals surface area contributed by atoms with E-state index in [2.05, 4.69) is 15.6 Å². The lowest BCUT2D eigenvalue weighted by Gasteiger charge is -2.32. The molecule has 10 nitrogen and oxygen atoms in total. The maximum Gasteiger partial charge on any atom is 0.251 e. The Hall–Kier alpha value is -4.34. The molecule has 1 atom stereocenters. The van der Waals surface area contributed by atoms with Crippen molar-refractivity contribution in [2.24, 2.45) is 0 Å². The molecular weight excluding hydrogens is 498 g/mol. The van der Waals surface area contributed by atoms with Crippen molar-refractivity contribution >= 4 is 28.5 Å². The Labute approximate surface area is 226 Å². The zero-order valence-electron chi connectivity index (χ0n) is 22.4. The lowest BCUT2D eigenvalue weighted by molar-refractivity contribution is -0.128. The highest BCUT2D eigenvalue weighted by Gasteiger charge is 2.37. The molecule has 2 heterocycles. The van der Waals surface area contributed by atoms with E-state index in [1.54, 1.807) is 30.3 Å². The van der Waals surface area contributed by atoms with Crippen molar-refractivity contribution in [3.05, 3.63) is 66.1 Å². The van der Waals surface area contributed by atoms with Gasteiger partial charge in [0.2, 0.25) is 5.91 Å². The number of fused-ring (bicyclic) bond motifs is 1. The quantitative estimate of drug-likeness (QED) is 0.337. The van der Waals surface area contributed by atoms with E-state index in [0.29, 0.717) is 39.7 Å². The number of ether oxygens (including phenoxy) is 2. The van der Waals surface area contributed by atoms with Gasteiger partial charge in [-0.2, -0.15) is 0 Å². The Morgan fingerprint density at radius 3 is 2.44 bits per heavy atom. The summed E-state index contributed by atoms with van der Waals surface area (Å²) in [4.78, 5) is 29.7. The van der Waals surface area contributed by atoms with Crippen LogP contribution in [0.2, 0.25) is 0 Å². The smallest absolute Gasteiger partial charge is 0.251 e. The minimum Gasteiger partial charge on any atom is -0.497 e. The van der Waals surface area contributed by atoms with E-state index in [4.69, 9.17) is 13.9 Å². The van der Waals surface area contributed by atoms with Gasteiger partial charge in [-0.05, 0) is 44.0 Å². The second-order valence-corrected chi connectivity index (χ2v) is 9.76. The third-order valence-corrected chi connectivity index (χ3v) is 7.08. The van der Waals surface area contributed by atoms with Gasteiger partial charge in [0.15, 0.2) is 6.04 Å². The van der Waals surface area contributed by atoms with Gasteiger partial charge in [-0.3, -0.25) is 14.5 Å². The third kappa shape index (κ3) is 5.74. The minimum absolute atomic E-state index is 0.0425. The Morgan fingerprint density at radius 2 is 1.77 bits per heavy atom. The number of hydrogen-bond acceptors (Lipinski definition) is 7. The average molecular weight is 532 g/mol. The van der Waals surface area contributed by atoms with E-state index in [-0.39, 0.29) is 24.4 Å². The Bertz CT molecular complexity index is 1430. The largest absolute Gasteiger partial charge is 0.497 e. The van der Waals surface area contributed by atoms with Gasteiger partial charge in [-0.25, -0.2) is 4.68 Å². The van der Waals surface area contributed by atoms with Crippen molar-refractivity contribution in [1.82, 2.24) is 20.3 Å². The van der Waals surface area contributed by atoms with Gasteiger partial charge in [-0.1, -0.05) is 36.6 Å². The van der Waals surface area contributed by atoms with Crippen molar-refractivity contribution < 1.29 is 23.5 Å². The van der Waals surface area contributed by atoms with Gasteiger partial charge in [-0.15, -0.1) is 5.10 Å². The summed E-state index contributed by atoms with van der Waals surface area (Å²) in [6, 6.07) is 15.0. The number of furan rings is 1. The molecule has 0 unspecified atom stereocenters. The first kappa shape index (κ1) is 26.3. The molecule has 0 spiro atoms. The summed E-state index contributed by atoms with van der Waals surface area (Å²) < 4.78 is 18.5. The van der Waals surface area contributed by atoms with Crippen molar-refractivity contribution in [2.45, 2.75) is 57.7 Å². The maximum atomic E-state index is 14.2. The molecule has 2 amide bonds. The molecule has 2 aromatic carbocycles. The van der Waals surface area contributed by atoms with Crippen LogP contribution in [0.1, 0.15) is 49.7 Å². The van der Waals surface area contributed by atoms with Crippen LogP contribution < -0.4 is 19.7 Å². The van der Waals surface area contributed by atoms with Crippen molar-refractivity contribution in [2.75, 3.05) is 19.1 Å². The first-order valence-corrected chi connectivity index (χ1v) is 13.2. The monoisotopic (exact) mass is 531 g/mol. The number of carbonyl (C=O) groups is 2. The van der Waals surface area contributed by atoms with Gasteiger partial charge in [0.1, 0.15) is 35.1 Å². The van der Waals surface area contributed by atoms with Crippen LogP contribution in [0.15, 0.2) is 59.0 Å². The zero-order valence-corrected chi connectivity index (χ0v) is 22.4. The molecule has 204 valence electrons. The average Bonchev–Trinajstić information content (AvgIpc) is 3.57. The van der Waals surface area contributed by atoms with E-state index in [1.165, 1.54) is 23.8 Å². The summed E-state index contributed by atoms with van der Waals surface area (Å²) in [5.41, 5.74) is 1.82. The molecule has 10 heteroatoms. The second kappa shape index (κ2) is 11.6. The Kier molecular flexibility index (Phi) is 7.81. The number of methoxy groups -OCH3 is 2. The summed E-state index contributed by atoms with van der Waals surface area (Å²) in [5, 5.41) is 11.6. The van der Waals surface area contributed by atoms with Crippen LogP contribution in [0, 0.1) is 6.92 Å². The molecule has 1 N–H and O–H groups in total. The number of amides is 2. The number of benzene rings is 2. The summed E-state index contributed by atoms with van der Waals surface area (Å²) in [6.07, 6.45) is 5.09. The molecule has 39 heavy (non-hydrogen) atoms. The van der Waals surface area contributed by atoms with Crippen LogP contribution in [0.4, 0.5) is 5.69 Å². The van der Waals surface area contributed by atoms with Crippen molar-refractivity contribution in [3.8, 4) is 11.5 Å². The molecule has 1 fully saturated rings. The Morgan fingerprint density at radius 1 is 1.05 bits per heavy atom. The van der Waals surface area contributed by atoms with Crippen LogP contribution in [-0.4, -0.2) is 47.1 Å². The minimum atomic E-state index is -1.07. The van der Waals surface area contributed by atoms with E-state index < -0.39 is 6.04 Å². The van der Waals surface area contributed by atoms with E-state index in [0.717, 1.165) is 32.1 Å². The molecule has 4 aromatic rings. The fourth-order valence-electron chi connectivity index (χ4n) is 5.11. The third-order valence-electron chi connectivity index (χ3n) is 7.08.